The molecule has 6 nitrogen and oxygen atoms in total. The standard InChI is InChI=1S/C17H19N3O3S/c1-12-7-9-13(10-8-12)24(21,22)20-17-11-15(18-19-17)14-5-3-4-6-16(14)23-2/h3-10,17,19-20H,11H2,1-2H3. The molecule has 2 aromatic carbocycles. The number of hydrogen-bond donors (Lipinski definition) is 2. The zero-order valence-corrected chi connectivity index (χ0v) is 14.3. The summed E-state index contributed by atoms with van der Waals surface area (Å²) in [6.45, 7) is 1.91. The first-order valence-corrected chi connectivity index (χ1v) is 9.02. The third kappa shape index (κ3) is 3.42. The second-order valence-electron chi connectivity index (χ2n) is 5.58. The Morgan fingerprint density at radius 3 is 2.58 bits per heavy atom. The molecule has 1 atom stereocenters. The van der Waals surface area contributed by atoms with Crippen molar-refractivity contribution in [3.05, 3.63) is 59.7 Å². The Labute approximate surface area is 141 Å². The maximum atomic E-state index is 12.4. The molecular weight excluding hydrogens is 326 g/mol. The van der Waals surface area contributed by atoms with Gasteiger partial charge >= 0.3 is 0 Å². The molecule has 1 aliphatic rings. The number of sulfonamides is 1. The van der Waals surface area contributed by atoms with Crippen LogP contribution in [0.2, 0.25) is 0 Å². The summed E-state index contributed by atoms with van der Waals surface area (Å²) in [5.74, 6) is 0.708. The molecule has 3 rings (SSSR count). The maximum absolute atomic E-state index is 12.4. The van der Waals surface area contributed by atoms with Gasteiger partial charge in [0.15, 0.2) is 0 Å². The van der Waals surface area contributed by atoms with Crippen molar-refractivity contribution in [1.82, 2.24) is 10.1 Å². The number of hydrogen-bond acceptors (Lipinski definition) is 5. The van der Waals surface area contributed by atoms with Crippen LogP contribution in [-0.4, -0.2) is 27.4 Å². The van der Waals surface area contributed by atoms with E-state index in [2.05, 4.69) is 15.2 Å². The summed E-state index contributed by atoms with van der Waals surface area (Å²) < 4.78 is 32.8. The third-order valence-corrected chi connectivity index (χ3v) is 5.29. The monoisotopic (exact) mass is 345 g/mol. The van der Waals surface area contributed by atoms with Gasteiger partial charge in [0.25, 0.3) is 0 Å². The minimum Gasteiger partial charge on any atom is -0.496 e. The number of aryl methyl sites for hydroxylation is 1. The van der Waals surface area contributed by atoms with Gasteiger partial charge in [0.05, 0.1) is 17.7 Å². The molecule has 0 saturated carbocycles. The molecule has 1 unspecified atom stereocenters. The molecule has 24 heavy (non-hydrogen) atoms. The summed E-state index contributed by atoms with van der Waals surface area (Å²) in [6.07, 6.45) is -0.0536. The van der Waals surface area contributed by atoms with Gasteiger partial charge in [-0.15, -0.1) is 0 Å². The van der Waals surface area contributed by atoms with Crippen LogP contribution in [0.15, 0.2) is 58.5 Å². The van der Waals surface area contributed by atoms with E-state index in [-0.39, 0.29) is 4.90 Å². The van der Waals surface area contributed by atoms with Crippen molar-refractivity contribution in [1.29, 1.82) is 0 Å². The van der Waals surface area contributed by atoms with Crippen LogP contribution in [0.4, 0.5) is 0 Å². The first kappa shape index (κ1) is 16.5. The number of para-hydroxylation sites is 1. The summed E-state index contributed by atoms with van der Waals surface area (Å²) in [5, 5.41) is 4.25. The molecule has 0 radical (unpaired) electrons. The van der Waals surface area contributed by atoms with Crippen LogP contribution in [0.25, 0.3) is 0 Å². The molecule has 0 aromatic heterocycles. The van der Waals surface area contributed by atoms with Gasteiger partial charge in [0.2, 0.25) is 10.0 Å². The maximum Gasteiger partial charge on any atom is 0.242 e. The van der Waals surface area contributed by atoms with Gasteiger partial charge in [0.1, 0.15) is 11.9 Å². The van der Waals surface area contributed by atoms with Crippen LogP contribution in [0, 0.1) is 6.92 Å². The summed E-state index contributed by atoms with van der Waals surface area (Å²) in [6, 6.07) is 14.2. The number of methoxy groups -OCH3 is 1. The minimum atomic E-state index is -3.60. The lowest BCUT2D eigenvalue weighted by Gasteiger charge is -2.13. The van der Waals surface area contributed by atoms with Gasteiger partial charge in [-0.3, -0.25) is 5.43 Å². The molecule has 1 aliphatic heterocycles. The van der Waals surface area contributed by atoms with Crippen LogP contribution in [-0.2, 0) is 10.0 Å². The topological polar surface area (TPSA) is 79.8 Å². The Kier molecular flexibility index (Phi) is 4.55. The zero-order chi connectivity index (χ0) is 17.2. The molecule has 0 amide bonds. The Morgan fingerprint density at radius 1 is 1.17 bits per heavy atom. The van der Waals surface area contributed by atoms with E-state index in [1.807, 2.05) is 31.2 Å². The molecule has 0 saturated heterocycles. The molecule has 0 aliphatic carbocycles. The fraction of sp³-hybridized carbons (Fsp3) is 0.235. The second kappa shape index (κ2) is 6.62. The molecular formula is C17H19N3O3S. The normalized spacial score (nSPS) is 17.2. The van der Waals surface area contributed by atoms with Gasteiger partial charge in [0, 0.05) is 12.0 Å². The van der Waals surface area contributed by atoms with E-state index in [0.29, 0.717) is 12.2 Å². The highest BCUT2D eigenvalue weighted by Crippen LogP contribution is 2.22. The number of ether oxygens (including phenoxy) is 1. The lowest BCUT2D eigenvalue weighted by atomic mass is 10.1. The Bertz CT molecular complexity index is 861. The molecule has 2 aromatic rings. The highest BCUT2D eigenvalue weighted by Gasteiger charge is 2.26. The van der Waals surface area contributed by atoms with Crippen LogP contribution in [0.5, 0.6) is 5.75 Å². The summed E-state index contributed by atoms with van der Waals surface area (Å²) in [5.41, 5.74) is 5.45. The average Bonchev–Trinajstić information content (AvgIpc) is 3.02. The number of hydrazone groups is 1. The Hall–Kier alpha value is -2.38. The van der Waals surface area contributed by atoms with E-state index in [1.165, 1.54) is 0 Å². The highest BCUT2D eigenvalue weighted by atomic mass is 32.2. The van der Waals surface area contributed by atoms with E-state index in [1.54, 1.807) is 31.4 Å². The van der Waals surface area contributed by atoms with E-state index < -0.39 is 16.2 Å². The van der Waals surface area contributed by atoms with Gasteiger partial charge in [-0.1, -0.05) is 29.8 Å². The van der Waals surface area contributed by atoms with E-state index >= 15 is 0 Å². The molecule has 2 N–H and O–H groups in total. The summed E-state index contributed by atoms with van der Waals surface area (Å²) in [7, 11) is -2.00. The van der Waals surface area contributed by atoms with Gasteiger partial charge in [-0.25, -0.2) is 8.42 Å². The molecule has 0 bridgehead atoms. The lowest BCUT2D eigenvalue weighted by molar-refractivity contribution is 0.414. The highest BCUT2D eigenvalue weighted by molar-refractivity contribution is 7.89. The van der Waals surface area contributed by atoms with Gasteiger partial charge in [-0.05, 0) is 31.2 Å². The van der Waals surface area contributed by atoms with Crippen molar-refractivity contribution >= 4 is 15.7 Å². The first-order valence-electron chi connectivity index (χ1n) is 7.54. The predicted octanol–water partition coefficient (Wildman–Crippen LogP) is 2.01. The fourth-order valence-corrected chi connectivity index (χ4v) is 3.68. The molecule has 126 valence electrons. The summed E-state index contributed by atoms with van der Waals surface area (Å²) >= 11 is 0. The third-order valence-electron chi connectivity index (χ3n) is 3.80. The number of nitrogens with zero attached hydrogens (tertiary/aromatic N) is 1. The lowest BCUT2D eigenvalue weighted by Crippen LogP contribution is -2.40. The van der Waals surface area contributed by atoms with Crippen molar-refractivity contribution < 1.29 is 13.2 Å². The first-order chi connectivity index (χ1) is 11.5. The second-order valence-corrected chi connectivity index (χ2v) is 7.29. The quantitative estimate of drug-likeness (QED) is 0.869. The predicted molar refractivity (Wildman–Crippen MR) is 92.6 cm³/mol. The largest absolute Gasteiger partial charge is 0.496 e. The minimum absolute atomic E-state index is 0.237. The van der Waals surface area contributed by atoms with Crippen LogP contribution in [0.1, 0.15) is 17.5 Å². The molecule has 0 spiro atoms. The van der Waals surface area contributed by atoms with Crippen LogP contribution < -0.4 is 14.9 Å². The molecule has 1 heterocycles. The fourth-order valence-electron chi connectivity index (χ4n) is 2.53. The number of nitrogens with one attached hydrogen (secondary N) is 2. The van der Waals surface area contributed by atoms with E-state index in [4.69, 9.17) is 4.74 Å². The van der Waals surface area contributed by atoms with Crippen LogP contribution >= 0.6 is 0 Å². The Balaban J connectivity index is 1.72. The van der Waals surface area contributed by atoms with Gasteiger partial charge < -0.3 is 4.74 Å². The van der Waals surface area contributed by atoms with Crippen molar-refractivity contribution in [3.8, 4) is 5.75 Å². The van der Waals surface area contributed by atoms with Crippen molar-refractivity contribution in [2.45, 2.75) is 24.4 Å². The average molecular weight is 345 g/mol. The van der Waals surface area contributed by atoms with Crippen molar-refractivity contribution in [2.75, 3.05) is 7.11 Å². The van der Waals surface area contributed by atoms with E-state index in [9.17, 15) is 8.42 Å². The SMILES string of the molecule is COc1ccccc1C1=NNC(NS(=O)(=O)c2ccc(C)cc2)C1. The summed E-state index contributed by atoms with van der Waals surface area (Å²) in [4.78, 5) is 0.237. The van der Waals surface area contributed by atoms with Gasteiger partial charge in [-0.2, -0.15) is 9.82 Å². The van der Waals surface area contributed by atoms with Crippen molar-refractivity contribution in [3.63, 3.8) is 0 Å². The van der Waals surface area contributed by atoms with E-state index in [0.717, 1.165) is 16.8 Å². The number of benzene rings is 2. The van der Waals surface area contributed by atoms with Crippen LogP contribution in [0.3, 0.4) is 0 Å². The number of rotatable bonds is 5. The smallest absolute Gasteiger partial charge is 0.242 e. The Morgan fingerprint density at radius 2 is 1.88 bits per heavy atom. The molecule has 7 heteroatoms. The molecule has 0 fully saturated rings. The zero-order valence-electron chi connectivity index (χ0n) is 13.5. The van der Waals surface area contributed by atoms with Crippen molar-refractivity contribution in [2.24, 2.45) is 5.10 Å².